The highest BCUT2D eigenvalue weighted by Gasteiger charge is 2.20. The fraction of sp³-hybridized carbons (Fsp3) is 0.688. The Morgan fingerprint density at radius 1 is 0.778 bits per heavy atom. The molecule has 27 heavy (non-hydrogen) atoms. The zero-order chi connectivity index (χ0) is 20.7. The van der Waals surface area contributed by atoms with Crippen LogP contribution in [0.5, 0.6) is 0 Å². The number of nitrogens with one attached hydrogen (secondary N) is 3. The van der Waals surface area contributed by atoms with Crippen LogP contribution >= 0.6 is 9.24 Å². The number of carbonyl (C=O) groups is 5. The maximum Gasteiger partial charge on any atom is 0.303 e. The van der Waals surface area contributed by atoms with Crippen molar-refractivity contribution in [2.75, 3.05) is 19.3 Å². The highest BCUT2D eigenvalue weighted by atomic mass is 31.0. The second kappa shape index (κ2) is 14.9. The van der Waals surface area contributed by atoms with Crippen molar-refractivity contribution in [3.63, 3.8) is 0 Å². The molecule has 0 aromatic rings. The van der Waals surface area contributed by atoms with E-state index in [4.69, 9.17) is 10.2 Å². The van der Waals surface area contributed by atoms with Crippen LogP contribution in [0.25, 0.3) is 0 Å². The molecule has 0 aliphatic heterocycles. The van der Waals surface area contributed by atoms with Gasteiger partial charge in [-0.1, -0.05) is 0 Å². The van der Waals surface area contributed by atoms with E-state index >= 15 is 0 Å². The van der Waals surface area contributed by atoms with Crippen LogP contribution in [0.2, 0.25) is 0 Å². The molecule has 0 saturated carbocycles. The molecule has 3 amide bonds. The molecule has 0 fully saturated rings. The third-order valence-corrected chi connectivity index (χ3v) is 3.76. The minimum atomic E-state index is -1.09. The van der Waals surface area contributed by atoms with Crippen LogP contribution in [-0.2, 0) is 24.0 Å². The van der Waals surface area contributed by atoms with Gasteiger partial charge in [-0.3, -0.25) is 24.0 Å². The summed E-state index contributed by atoms with van der Waals surface area (Å²) < 4.78 is 0. The van der Waals surface area contributed by atoms with Crippen LogP contribution in [0, 0.1) is 0 Å². The van der Waals surface area contributed by atoms with Crippen molar-refractivity contribution in [2.45, 2.75) is 51.0 Å². The second-order valence-electron chi connectivity index (χ2n) is 5.83. The molecule has 0 aliphatic rings. The van der Waals surface area contributed by atoms with Gasteiger partial charge in [-0.25, -0.2) is 0 Å². The Hall–Kier alpha value is -2.22. The molecule has 0 rings (SSSR count). The molecule has 0 aromatic carbocycles. The lowest BCUT2D eigenvalue weighted by Crippen LogP contribution is -2.47. The van der Waals surface area contributed by atoms with Crippen molar-refractivity contribution in [2.24, 2.45) is 0 Å². The minimum absolute atomic E-state index is 0.0883. The SMILES string of the molecule is O=C(O)CCC(=O)NCCCCC(NC(=O)CCC(=O)O)C(=O)NCCP. The number of hydrogen-bond acceptors (Lipinski definition) is 5. The Kier molecular flexibility index (Phi) is 13.7. The molecule has 2 unspecified atom stereocenters. The van der Waals surface area contributed by atoms with Gasteiger partial charge in [-0.2, -0.15) is 0 Å². The summed E-state index contributed by atoms with van der Waals surface area (Å²) in [6.07, 6.45) is 1.26. The summed E-state index contributed by atoms with van der Waals surface area (Å²) in [4.78, 5) is 56.2. The summed E-state index contributed by atoms with van der Waals surface area (Å²) in [5, 5.41) is 24.9. The van der Waals surface area contributed by atoms with E-state index in [1.165, 1.54) is 0 Å². The lowest BCUT2D eigenvalue weighted by Gasteiger charge is -2.18. The van der Waals surface area contributed by atoms with Crippen molar-refractivity contribution in [3.05, 3.63) is 0 Å². The number of amides is 3. The van der Waals surface area contributed by atoms with E-state index in [9.17, 15) is 24.0 Å². The topological polar surface area (TPSA) is 162 Å². The predicted octanol–water partition coefficient (Wildman–Crippen LogP) is -0.521. The quantitative estimate of drug-likeness (QED) is 0.181. The van der Waals surface area contributed by atoms with E-state index in [0.29, 0.717) is 38.5 Å². The molecule has 0 aliphatic carbocycles. The lowest BCUT2D eigenvalue weighted by atomic mass is 10.1. The number of carbonyl (C=O) groups excluding carboxylic acids is 3. The van der Waals surface area contributed by atoms with E-state index < -0.39 is 23.9 Å². The summed E-state index contributed by atoms with van der Waals surface area (Å²) >= 11 is 0. The number of rotatable bonds is 15. The molecule has 154 valence electrons. The van der Waals surface area contributed by atoms with Crippen LogP contribution in [-0.4, -0.2) is 65.2 Å². The zero-order valence-corrected chi connectivity index (χ0v) is 16.3. The Morgan fingerprint density at radius 2 is 1.37 bits per heavy atom. The summed E-state index contributed by atoms with van der Waals surface area (Å²) in [6.45, 7) is 0.774. The van der Waals surface area contributed by atoms with Gasteiger partial charge < -0.3 is 26.2 Å². The normalized spacial score (nSPS) is 11.3. The van der Waals surface area contributed by atoms with E-state index in [2.05, 4.69) is 25.2 Å². The van der Waals surface area contributed by atoms with Gasteiger partial charge in [0.15, 0.2) is 0 Å². The summed E-state index contributed by atoms with van der Waals surface area (Å²) in [5.74, 6) is -3.33. The predicted molar refractivity (Wildman–Crippen MR) is 100 cm³/mol. The zero-order valence-electron chi connectivity index (χ0n) is 15.2. The van der Waals surface area contributed by atoms with Gasteiger partial charge in [0.2, 0.25) is 17.7 Å². The molecule has 0 bridgehead atoms. The van der Waals surface area contributed by atoms with E-state index in [0.717, 1.165) is 0 Å². The molecular formula is C16H28N3O7P. The summed E-state index contributed by atoms with van der Waals surface area (Å²) in [5.41, 5.74) is 0. The molecule has 0 radical (unpaired) electrons. The Balaban J connectivity index is 4.28. The van der Waals surface area contributed by atoms with E-state index in [-0.39, 0.29) is 37.5 Å². The fourth-order valence-corrected chi connectivity index (χ4v) is 2.23. The first-order valence-electron chi connectivity index (χ1n) is 8.73. The third kappa shape index (κ3) is 14.6. The van der Waals surface area contributed by atoms with E-state index in [1.54, 1.807) is 0 Å². The lowest BCUT2D eigenvalue weighted by molar-refractivity contribution is -0.139. The fourth-order valence-electron chi connectivity index (χ4n) is 2.08. The smallest absolute Gasteiger partial charge is 0.303 e. The first kappa shape index (κ1) is 24.8. The maximum absolute atomic E-state index is 12.1. The standard InChI is InChI=1S/C16H28N3O7P/c20-12(4-6-14(22)23)17-8-2-1-3-11(16(26)18-9-10-27)19-13(21)5-7-15(24)25/h11H,1-10,27H2,(H,17,20)(H,18,26)(H,19,21)(H,22,23)(H,24,25). The second-order valence-corrected chi connectivity index (χ2v) is 6.41. The average Bonchev–Trinajstić information content (AvgIpc) is 2.61. The minimum Gasteiger partial charge on any atom is -0.481 e. The Bertz CT molecular complexity index is 528. The van der Waals surface area contributed by atoms with Gasteiger partial charge in [0, 0.05) is 25.9 Å². The number of hydrogen-bond donors (Lipinski definition) is 5. The van der Waals surface area contributed by atoms with Crippen molar-refractivity contribution >= 4 is 38.9 Å². The third-order valence-electron chi connectivity index (χ3n) is 3.47. The largest absolute Gasteiger partial charge is 0.481 e. The first-order chi connectivity index (χ1) is 12.8. The number of carboxylic acids is 2. The van der Waals surface area contributed by atoms with Crippen LogP contribution < -0.4 is 16.0 Å². The van der Waals surface area contributed by atoms with Crippen molar-refractivity contribution in [3.8, 4) is 0 Å². The van der Waals surface area contributed by atoms with E-state index in [1.807, 2.05) is 0 Å². The Morgan fingerprint density at radius 3 is 1.93 bits per heavy atom. The Labute approximate surface area is 160 Å². The van der Waals surface area contributed by atoms with Crippen molar-refractivity contribution < 1.29 is 34.2 Å². The molecule has 0 saturated heterocycles. The van der Waals surface area contributed by atoms with Gasteiger partial charge in [0.1, 0.15) is 6.04 Å². The highest BCUT2D eigenvalue weighted by molar-refractivity contribution is 7.16. The summed E-state index contributed by atoms with van der Waals surface area (Å²) in [6, 6.07) is -0.773. The van der Waals surface area contributed by atoms with Crippen LogP contribution in [0.15, 0.2) is 0 Å². The average molecular weight is 405 g/mol. The summed E-state index contributed by atoms with van der Waals surface area (Å²) in [7, 11) is 2.47. The van der Waals surface area contributed by atoms with Crippen LogP contribution in [0.3, 0.4) is 0 Å². The molecule has 0 heterocycles. The maximum atomic E-state index is 12.1. The van der Waals surface area contributed by atoms with Gasteiger partial charge >= 0.3 is 11.9 Å². The molecule has 10 nitrogen and oxygen atoms in total. The molecule has 0 aromatic heterocycles. The molecule has 11 heteroatoms. The monoisotopic (exact) mass is 405 g/mol. The van der Waals surface area contributed by atoms with Crippen molar-refractivity contribution in [1.29, 1.82) is 0 Å². The molecule has 0 spiro atoms. The molecular weight excluding hydrogens is 377 g/mol. The number of carboxylic acid groups (broad SMARTS) is 2. The molecule has 2 atom stereocenters. The van der Waals surface area contributed by atoms with Gasteiger partial charge in [0.05, 0.1) is 12.8 Å². The van der Waals surface area contributed by atoms with Gasteiger partial charge in [-0.15, -0.1) is 9.24 Å². The van der Waals surface area contributed by atoms with Crippen LogP contribution in [0.1, 0.15) is 44.9 Å². The first-order valence-corrected chi connectivity index (χ1v) is 9.55. The van der Waals surface area contributed by atoms with Gasteiger partial charge in [0.25, 0.3) is 0 Å². The van der Waals surface area contributed by atoms with Crippen LogP contribution in [0.4, 0.5) is 0 Å². The highest BCUT2D eigenvalue weighted by Crippen LogP contribution is 2.03. The van der Waals surface area contributed by atoms with Gasteiger partial charge in [-0.05, 0) is 25.4 Å². The number of unbranched alkanes of at least 4 members (excludes halogenated alkanes) is 1. The van der Waals surface area contributed by atoms with Crippen molar-refractivity contribution in [1.82, 2.24) is 16.0 Å². The number of aliphatic carboxylic acids is 2. The molecule has 5 N–H and O–H groups in total.